The second kappa shape index (κ2) is 12.7. The molecule has 2 aromatic carbocycles. The van der Waals surface area contributed by atoms with Crippen LogP contribution in [-0.2, 0) is 0 Å². The molecule has 0 aromatic heterocycles. The van der Waals surface area contributed by atoms with Gasteiger partial charge in [0.1, 0.15) is 16.3 Å². The van der Waals surface area contributed by atoms with Gasteiger partial charge in [-0.2, -0.15) is 0 Å². The monoisotopic (exact) mass is 454 g/mol. The normalized spacial score (nSPS) is 11.9. The molecular formula is C24H33Cl2O2P. The maximum Gasteiger partial charge on any atom is 0.131 e. The lowest BCUT2D eigenvalue weighted by Gasteiger charge is -2.21. The molecule has 2 nitrogen and oxygen atoms in total. The molecule has 0 saturated carbocycles. The molecule has 0 amide bonds. The highest BCUT2D eigenvalue weighted by Crippen LogP contribution is 2.40. The second-order valence-electron chi connectivity index (χ2n) is 7.68. The summed E-state index contributed by atoms with van der Waals surface area (Å²) in [4.78, 5) is -0.241. The number of hydrogen-bond acceptors (Lipinski definition) is 2. The third kappa shape index (κ3) is 8.36. The van der Waals surface area contributed by atoms with Crippen molar-refractivity contribution in [1.82, 2.24) is 0 Å². The molecule has 0 bridgehead atoms. The molecule has 5 heteroatoms. The lowest BCUT2D eigenvalue weighted by atomic mass is 10.0. The van der Waals surface area contributed by atoms with Gasteiger partial charge in [-0.3, -0.25) is 0 Å². The fourth-order valence-corrected chi connectivity index (χ4v) is 4.78. The summed E-state index contributed by atoms with van der Waals surface area (Å²) in [6.07, 6.45) is 5.68. The average Bonchev–Trinajstić information content (AvgIpc) is 2.64. The summed E-state index contributed by atoms with van der Waals surface area (Å²) in [5.41, 5.74) is 2.27. The van der Waals surface area contributed by atoms with Crippen molar-refractivity contribution in [2.75, 3.05) is 6.16 Å². The lowest BCUT2D eigenvalue weighted by molar-refractivity contribution is 0.231. The van der Waals surface area contributed by atoms with Crippen molar-refractivity contribution < 1.29 is 9.47 Å². The van der Waals surface area contributed by atoms with E-state index in [1.165, 1.54) is 29.9 Å². The fraction of sp³-hybridized carbons (Fsp3) is 0.500. The highest BCUT2D eigenvalue weighted by Gasteiger charge is 2.18. The molecule has 0 N–H and O–H groups in total. The molecule has 2 rings (SSSR count). The largest absolute Gasteiger partial charge is 0.490 e. The molecular weight excluding hydrogens is 422 g/mol. The number of halogens is 2. The van der Waals surface area contributed by atoms with E-state index in [-0.39, 0.29) is 17.0 Å². The van der Waals surface area contributed by atoms with Gasteiger partial charge in [0.15, 0.2) is 0 Å². The van der Waals surface area contributed by atoms with Crippen molar-refractivity contribution in [3.05, 3.63) is 42.5 Å². The van der Waals surface area contributed by atoms with Gasteiger partial charge in [0.25, 0.3) is 0 Å². The first kappa shape index (κ1) is 24.3. The molecule has 0 spiro atoms. The minimum Gasteiger partial charge on any atom is -0.490 e. The predicted octanol–water partition coefficient (Wildman–Crippen LogP) is 7.60. The van der Waals surface area contributed by atoms with Crippen molar-refractivity contribution in [1.29, 1.82) is 0 Å². The summed E-state index contributed by atoms with van der Waals surface area (Å²) >= 11 is 11.6. The van der Waals surface area contributed by atoms with Crippen LogP contribution in [0.15, 0.2) is 42.5 Å². The zero-order valence-electron chi connectivity index (χ0n) is 17.9. The third-order valence-electron chi connectivity index (χ3n) is 4.32. The molecule has 0 aliphatic rings. The summed E-state index contributed by atoms with van der Waals surface area (Å²) in [6, 6.07) is 14.7. The molecule has 0 fully saturated rings. The average molecular weight is 455 g/mol. The van der Waals surface area contributed by atoms with E-state index in [9.17, 15) is 0 Å². The molecule has 1 unspecified atom stereocenters. The number of hydrogen-bond donors (Lipinski definition) is 0. The van der Waals surface area contributed by atoms with Gasteiger partial charge >= 0.3 is 0 Å². The van der Waals surface area contributed by atoms with Gasteiger partial charge in [0.05, 0.1) is 17.8 Å². The van der Waals surface area contributed by atoms with Crippen molar-refractivity contribution in [2.45, 2.75) is 70.4 Å². The van der Waals surface area contributed by atoms with Crippen LogP contribution in [0, 0.1) is 0 Å². The highest BCUT2D eigenvalue weighted by atomic mass is 35.5. The van der Waals surface area contributed by atoms with Crippen molar-refractivity contribution >= 4 is 37.1 Å². The molecule has 0 saturated heterocycles. The van der Waals surface area contributed by atoms with Crippen LogP contribution in [0.4, 0.5) is 0 Å². The number of alkyl halides is 2. The molecule has 0 aliphatic carbocycles. The van der Waals surface area contributed by atoms with Crippen LogP contribution in [0.1, 0.15) is 53.4 Å². The van der Waals surface area contributed by atoms with Crippen LogP contribution < -0.4 is 14.8 Å². The lowest BCUT2D eigenvalue weighted by Crippen LogP contribution is -2.12. The SMILES string of the molecule is CC(C)Oc1cccc(OC(C)C)c1-c1ccccc1PCCCCCC(Cl)Cl. The van der Waals surface area contributed by atoms with E-state index < -0.39 is 0 Å². The maximum atomic E-state index is 6.16. The van der Waals surface area contributed by atoms with Gasteiger partial charge in [0.2, 0.25) is 0 Å². The van der Waals surface area contributed by atoms with Crippen LogP contribution in [0.3, 0.4) is 0 Å². The van der Waals surface area contributed by atoms with Gasteiger partial charge in [-0.25, -0.2) is 0 Å². The summed E-state index contributed by atoms with van der Waals surface area (Å²) < 4.78 is 12.3. The molecule has 1 atom stereocenters. The summed E-state index contributed by atoms with van der Waals surface area (Å²) in [5, 5.41) is 1.36. The number of benzene rings is 2. The maximum absolute atomic E-state index is 6.16. The predicted molar refractivity (Wildman–Crippen MR) is 130 cm³/mol. The topological polar surface area (TPSA) is 18.5 Å². The number of rotatable bonds is 12. The van der Waals surface area contributed by atoms with E-state index in [0.717, 1.165) is 38.5 Å². The Kier molecular flexibility index (Phi) is 10.6. The van der Waals surface area contributed by atoms with E-state index >= 15 is 0 Å². The van der Waals surface area contributed by atoms with E-state index in [2.05, 4.69) is 52.0 Å². The molecule has 2 aromatic rings. The Morgan fingerprint density at radius 3 is 2.00 bits per heavy atom. The van der Waals surface area contributed by atoms with Crippen molar-refractivity contribution in [2.24, 2.45) is 0 Å². The Morgan fingerprint density at radius 2 is 1.41 bits per heavy atom. The minimum absolute atomic E-state index is 0.102. The first-order valence-electron chi connectivity index (χ1n) is 10.5. The van der Waals surface area contributed by atoms with Crippen LogP contribution in [-0.4, -0.2) is 23.2 Å². The number of ether oxygens (including phenoxy) is 2. The summed E-state index contributed by atoms with van der Waals surface area (Å²) in [5.74, 6) is 1.76. The molecule has 0 heterocycles. The van der Waals surface area contributed by atoms with Gasteiger partial charge in [-0.15, -0.1) is 23.2 Å². The Bertz CT molecular complexity index is 719. The Balaban J connectivity index is 2.24. The van der Waals surface area contributed by atoms with Crippen LogP contribution in [0.5, 0.6) is 11.5 Å². The van der Waals surface area contributed by atoms with Crippen LogP contribution >= 0.6 is 31.8 Å². The van der Waals surface area contributed by atoms with Gasteiger partial charge < -0.3 is 9.47 Å². The quantitative estimate of drug-likeness (QED) is 0.186. The Labute approximate surface area is 188 Å². The second-order valence-corrected chi connectivity index (χ2v) is 10.3. The zero-order chi connectivity index (χ0) is 21.2. The van der Waals surface area contributed by atoms with E-state index in [1.807, 2.05) is 18.2 Å². The highest BCUT2D eigenvalue weighted by molar-refractivity contribution is 7.47. The van der Waals surface area contributed by atoms with Gasteiger partial charge in [-0.05, 0) is 69.7 Å². The van der Waals surface area contributed by atoms with Gasteiger partial charge in [-0.1, -0.05) is 51.8 Å². The first-order chi connectivity index (χ1) is 13.9. The van der Waals surface area contributed by atoms with E-state index in [1.54, 1.807) is 0 Å². The van der Waals surface area contributed by atoms with E-state index in [0.29, 0.717) is 0 Å². The third-order valence-corrected chi connectivity index (χ3v) is 6.18. The summed E-state index contributed by atoms with van der Waals surface area (Å²) in [6.45, 7) is 8.22. The molecule has 0 radical (unpaired) electrons. The Hall–Kier alpha value is -0.950. The molecule has 160 valence electrons. The van der Waals surface area contributed by atoms with Gasteiger partial charge in [0, 0.05) is 0 Å². The number of unbranched alkanes of at least 4 members (excludes halogenated alkanes) is 2. The van der Waals surface area contributed by atoms with Crippen LogP contribution in [0.2, 0.25) is 0 Å². The smallest absolute Gasteiger partial charge is 0.131 e. The van der Waals surface area contributed by atoms with Crippen molar-refractivity contribution in [3.63, 3.8) is 0 Å². The minimum atomic E-state index is -0.241. The Morgan fingerprint density at radius 1 is 0.793 bits per heavy atom. The first-order valence-corrected chi connectivity index (χ1v) is 12.5. The zero-order valence-corrected chi connectivity index (χ0v) is 20.4. The molecule has 29 heavy (non-hydrogen) atoms. The van der Waals surface area contributed by atoms with Crippen LogP contribution in [0.25, 0.3) is 11.1 Å². The van der Waals surface area contributed by atoms with E-state index in [4.69, 9.17) is 32.7 Å². The van der Waals surface area contributed by atoms with Crippen molar-refractivity contribution in [3.8, 4) is 22.6 Å². The standard InChI is InChI=1S/C24H33Cl2O2P/c1-17(2)27-20-12-10-13-21(28-18(3)4)24(20)19-11-7-8-14-22(19)29-16-9-5-6-15-23(25)26/h7-8,10-14,17-18,23,29H,5-6,9,15-16H2,1-4H3. The molecule has 0 aliphatic heterocycles. The summed E-state index contributed by atoms with van der Waals surface area (Å²) in [7, 11) is 0.742. The fourth-order valence-electron chi connectivity index (χ4n) is 3.16.